The molecule has 154 valence electrons. The summed E-state index contributed by atoms with van der Waals surface area (Å²) in [6.07, 6.45) is 0.494. The number of piperazine rings is 1. The summed E-state index contributed by atoms with van der Waals surface area (Å²) in [6, 6.07) is 4.30. The van der Waals surface area contributed by atoms with Gasteiger partial charge in [-0.2, -0.15) is 0 Å². The molecule has 4 rings (SSSR count). The third kappa shape index (κ3) is 3.56. The van der Waals surface area contributed by atoms with Gasteiger partial charge in [0, 0.05) is 39.6 Å². The quantitative estimate of drug-likeness (QED) is 0.571. The first-order valence-corrected chi connectivity index (χ1v) is 9.57. The monoisotopic (exact) mass is 401 g/mol. The van der Waals surface area contributed by atoms with Crippen LogP contribution in [0.2, 0.25) is 0 Å². The number of imide groups is 1. The molecule has 10 nitrogen and oxygen atoms in total. The van der Waals surface area contributed by atoms with Crippen molar-refractivity contribution in [2.45, 2.75) is 31.5 Å². The highest BCUT2D eigenvalue weighted by atomic mass is 16.4. The molecule has 2 atom stereocenters. The fraction of sp³-hybridized carbons (Fsp3) is 0.474. The minimum absolute atomic E-state index is 0.199. The molecular weight excluding hydrogens is 378 g/mol. The van der Waals surface area contributed by atoms with Gasteiger partial charge in [-0.15, -0.1) is 0 Å². The number of aryl methyl sites for hydroxylation is 1. The number of imidazole rings is 1. The zero-order chi connectivity index (χ0) is 20.7. The molecule has 29 heavy (non-hydrogen) atoms. The Kier molecular flexibility index (Phi) is 4.97. The second kappa shape index (κ2) is 7.45. The van der Waals surface area contributed by atoms with E-state index >= 15 is 0 Å². The number of benzene rings is 1. The average Bonchev–Trinajstić information content (AvgIpc) is 2.93. The van der Waals surface area contributed by atoms with E-state index in [9.17, 15) is 24.3 Å². The highest BCUT2D eigenvalue weighted by molar-refractivity contribution is 6.00. The standard InChI is InChI=1S/C19H23N5O5/c1-22-15-8-11(9-23-7-6-20-12(10-23)18(27)28)2-3-13(15)24(19(22)29)14-4-5-16(25)21-17(14)26/h2-3,8,12,14,20H,4-7,9-10H2,1H3,(H,27,28)(H,21,25,26). The first kappa shape index (κ1) is 19.3. The lowest BCUT2D eigenvalue weighted by molar-refractivity contribution is -0.141. The third-order valence-corrected chi connectivity index (χ3v) is 5.64. The van der Waals surface area contributed by atoms with Gasteiger partial charge in [0.25, 0.3) is 0 Å². The summed E-state index contributed by atoms with van der Waals surface area (Å²) in [6.45, 7) is 2.31. The van der Waals surface area contributed by atoms with Crippen LogP contribution >= 0.6 is 0 Å². The topological polar surface area (TPSA) is 126 Å². The van der Waals surface area contributed by atoms with Crippen molar-refractivity contribution in [3.05, 3.63) is 34.2 Å². The predicted octanol–water partition coefficient (Wildman–Crippen LogP) is -0.824. The number of carboxylic acid groups (broad SMARTS) is 1. The number of nitrogens with one attached hydrogen (secondary N) is 2. The van der Waals surface area contributed by atoms with E-state index in [0.29, 0.717) is 37.1 Å². The van der Waals surface area contributed by atoms with Gasteiger partial charge in [-0.05, 0) is 24.1 Å². The lowest BCUT2D eigenvalue weighted by Crippen LogP contribution is -2.53. The molecule has 2 unspecified atom stereocenters. The van der Waals surface area contributed by atoms with Gasteiger partial charge in [0.2, 0.25) is 11.8 Å². The molecule has 0 saturated carbocycles. The average molecular weight is 401 g/mol. The van der Waals surface area contributed by atoms with Crippen molar-refractivity contribution in [3.63, 3.8) is 0 Å². The van der Waals surface area contributed by atoms with Gasteiger partial charge in [-0.3, -0.25) is 33.7 Å². The van der Waals surface area contributed by atoms with E-state index in [4.69, 9.17) is 0 Å². The normalized spacial score (nSPS) is 23.3. The molecule has 0 radical (unpaired) electrons. The molecule has 2 aliphatic rings. The summed E-state index contributed by atoms with van der Waals surface area (Å²) in [5, 5.41) is 14.5. The number of hydrogen-bond acceptors (Lipinski definition) is 6. The molecular formula is C19H23N5O5. The highest BCUT2D eigenvalue weighted by Crippen LogP contribution is 2.24. The van der Waals surface area contributed by atoms with E-state index < -0.39 is 24.0 Å². The third-order valence-electron chi connectivity index (χ3n) is 5.64. The van der Waals surface area contributed by atoms with Crippen molar-refractivity contribution in [1.29, 1.82) is 0 Å². The lowest BCUT2D eigenvalue weighted by Gasteiger charge is -2.31. The van der Waals surface area contributed by atoms with Crippen LogP contribution in [0.25, 0.3) is 11.0 Å². The van der Waals surface area contributed by atoms with Crippen molar-refractivity contribution in [2.75, 3.05) is 19.6 Å². The molecule has 2 amide bonds. The number of piperidine rings is 1. The maximum absolute atomic E-state index is 12.8. The Morgan fingerprint density at radius 1 is 1.24 bits per heavy atom. The summed E-state index contributed by atoms with van der Waals surface area (Å²) >= 11 is 0. The zero-order valence-corrected chi connectivity index (χ0v) is 16.1. The maximum Gasteiger partial charge on any atom is 0.329 e. The Balaban J connectivity index is 1.63. The summed E-state index contributed by atoms with van der Waals surface area (Å²) < 4.78 is 2.95. The largest absolute Gasteiger partial charge is 0.480 e. The number of aliphatic carboxylic acids is 1. The summed E-state index contributed by atoms with van der Waals surface area (Å²) in [5.41, 5.74) is 1.99. The second-order valence-corrected chi connectivity index (χ2v) is 7.58. The van der Waals surface area contributed by atoms with Gasteiger partial charge in [-0.25, -0.2) is 4.79 Å². The molecule has 1 aromatic heterocycles. The van der Waals surface area contributed by atoms with Gasteiger partial charge < -0.3 is 10.4 Å². The van der Waals surface area contributed by atoms with Gasteiger partial charge in [0.15, 0.2) is 0 Å². The molecule has 10 heteroatoms. The number of fused-ring (bicyclic) bond motifs is 1. The van der Waals surface area contributed by atoms with Gasteiger partial charge >= 0.3 is 11.7 Å². The number of carboxylic acids is 1. The Hall–Kier alpha value is -2.98. The summed E-state index contributed by atoms with van der Waals surface area (Å²) in [7, 11) is 1.65. The Morgan fingerprint density at radius 3 is 2.76 bits per heavy atom. The van der Waals surface area contributed by atoms with Crippen molar-refractivity contribution >= 4 is 28.8 Å². The summed E-state index contributed by atoms with van der Waals surface area (Å²) in [4.78, 5) is 49.8. The number of aromatic nitrogens is 2. The molecule has 3 N–H and O–H groups in total. The van der Waals surface area contributed by atoms with Gasteiger partial charge in [-0.1, -0.05) is 6.07 Å². The van der Waals surface area contributed by atoms with Crippen LogP contribution in [0.15, 0.2) is 23.0 Å². The van der Waals surface area contributed by atoms with Gasteiger partial charge in [0.1, 0.15) is 12.1 Å². The fourth-order valence-electron chi connectivity index (χ4n) is 4.12. The molecule has 2 saturated heterocycles. The summed E-state index contributed by atoms with van der Waals surface area (Å²) in [5.74, 6) is -1.65. The van der Waals surface area contributed by atoms with Crippen molar-refractivity contribution < 1.29 is 19.5 Å². The van der Waals surface area contributed by atoms with Crippen LogP contribution in [0.1, 0.15) is 24.4 Å². The number of amides is 2. The van der Waals surface area contributed by atoms with Crippen molar-refractivity contribution in [3.8, 4) is 0 Å². The van der Waals surface area contributed by atoms with E-state index in [1.807, 2.05) is 18.2 Å². The SMILES string of the molecule is Cn1c(=O)n(C2CCC(=O)NC2=O)c2ccc(CN3CCNC(C(=O)O)C3)cc21. The van der Waals surface area contributed by atoms with Crippen LogP contribution in [0.3, 0.4) is 0 Å². The Morgan fingerprint density at radius 2 is 2.03 bits per heavy atom. The molecule has 0 aliphatic carbocycles. The Bertz CT molecular complexity index is 1060. The van der Waals surface area contributed by atoms with Crippen LogP contribution in [0, 0.1) is 0 Å². The second-order valence-electron chi connectivity index (χ2n) is 7.58. The van der Waals surface area contributed by atoms with Crippen LogP contribution in [0.5, 0.6) is 0 Å². The van der Waals surface area contributed by atoms with Crippen LogP contribution in [-0.2, 0) is 28.0 Å². The highest BCUT2D eigenvalue weighted by Gasteiger charge is 2.31. The minimum atomic E-state index is -0.867. The first-order chi connectivity index (χ1) is 13.8. The zero-order valence-electron chi connectivity index (χ0n) is 16.1. The molecule has 0 bridgehead atoms. The van der Waals surface area contributed by atoms with E-state index in [2.05, 4.69) is 15.5 Å². The first-order valence-electron chi connectivity index (χ1n) is 9.57. The Labute approximate surface area is 166 Å². The van der Waals surface area contributed by atoms with Crippen molar-refractivity contribution in [2.24, 2.45) is 7.05 Å². The number of carbonyl (C=O) groups is 3. The lowest BCUT2D eigenvalue weighted by atomic mass is 10.1. The number of hydrogen-bond donors (Lipinski definition) is 3. The minimum Gasteiger partial charge on any atom is -0.480 e. The molecule has 3 heterocycles. The van der Waals surface area contributed by atoms with Crippen LogP contribution in [-0.4, -0.2) is 62.6 Å². The van der Waals surface area contributed by atoms with E-state index in [1.165, 1.54) is 9.13 Å². The molecule has 2 fully saturated rings. The molecule has 1 aromatic carbocycles. The van der Waals surface area contributed by atoms with Crippen LogP contribution < -0.4 is 16.3 Å². The van der Waals surface area contributed by atoms with Crippen LogP contribution in [0.4, 0.5) is 0 Å². The van der Waals surface area contributed by atoms with Crippen molar-refractivity contribution in [1.82, 2.24) is 24.7 Å². The molecule has 2 aliphatic heterocycles. The molecule has 0 spiro atoms. The van der Waals surface area contributed by atoms with E-state index in [1.54, 1.807) is 7.05 Å². The maximum atomic E-state index is 12.8. The molecule has 2 aromatic rings. The fourth-order valence-corrected chi connectivity index (χ4v) is 4.12. The predicted molar refractivity (Wildman–Crippen MR) is 103 cm³/mol. The number of carbonyl (C=O) groups excluding carboxylic acids is 2. The van der Waals surface area contributed by atoms with E-state index in [0.717, 1.165) is 12.1 Å². The number of nitrogens with zero attached hydrogens (tertiary/aromatic N) is 3. The van der Waals surface area contributed by atoms with E-state index in [-0.39, 0.29) is 18.0 Å². The smallest absolute Gasteiger partial charge is 0.329 e. The van der Waals surface area contributed by atoms with Gasteiger partial charge in [0.05, 0.1) is 11.0 Å². The number of rotatable bonds is 4.